The van der Waals surface area contributed by atoms with Gasteiger partial charge in [0.05, 0.1) is 19.7 Å². The van der Waals surface area contributed by atoms with Crippen LogP contribution in [0, 0.1) is 16.2 Å². The topological polar surface area (TPSA) is 26.3 Å². The van der Waals surface area contributed by atoms with Gasteiger partial charge in [-0.1, -0.05) is 61.2 Å². The maximum Gasteiger partial charge on any atom is 0.312 e. The van der Waals surface area contributed by atoms with E-state index in [1.54, 1.807) is 0 Å². The van der Waals surface area contributed by atoms with Crippen molar-refractivity contribution >= 4 is 14.0 Å². The summed E-state index contributed by atoms with van der Waals surface area (Å²) in [6, 6.07) is 0. The molecule has 0 aromatic heterocycles. The Bertz CT molecular complexity index is 334. The van der Waals surface area contributed by atoms with Crippen LogP contribution in [0.1, 0.15) is 61.3 Å². The van der Waals surface area contributed by atoms with Gasteiger partial charge in [0.25, 0.3) is 0 Å². The van der Waals surface area contributed by atoms with E-state index in [-0.39, 0.29) is 16.8 Å². The first kappa shape index (κ1) is 19.7. The van der Waals surface area contributed by atoms with Crippen LogP contribution in [0.4, 0.5) is 0 Å². The lowest BCUT2D eigenvalue weighted by atomic mass is 9.59. The molecular formula is C17H36O2Si. The van der Waals surface area contributed by atoms with E-state index in [0.717, 1.165) is 12.8 Å². The van der Waals surface area contributed by atoms with Gasteiger partial charge in [0.2, 0.25) is 0 Å². The second-order valence-corrected chi connectivity index (χ2v) is 14.9. The summed E-state index contributed by atoms with van der Waals surface area (Å²) in [6.07, 6.45) is 2.44. The normalized spacial score (nSPS) is 16.7. The van der Waals surface area contributed by atoms with Crippen molar-refractivity contribution in [2.75, 3.05) is 6.23 Å². The Hall–Kier alpha value is -0.313. The minimum Gasteiger partial charge on any atom is -0.469 e. The molecule has 1 unspecified atom stereocenters. The van der Waals surface area contributed by atoms with Gasteiger partial charge in [-0.25, -0.2) is 0 Å². The standard InChI is InChI=1S/C17H36O2Si/c1-11-16(5,6)17(7,12-15(2,3)4)14(18)19-13-20(8,9)10/h11-13H2,1-10H3. The predicted octanol–water partition coefficient (Wildman–Crippen LogP) is 5.29. The lowest BCUT2D eigenvalue weighted by molar-refractivity contribution is -0.164. The molecule has 0 spiro atoms. The van der Waals surface area contributed by atoms with Gasteiger partial charge in [-0.3, -0.25) is 4.79 Å². The summed E-state index contributed by atoms with van der Waals surface area (Å²) in [6.45, 7) is 21.9. The van der Waals surface area contributed by atoms with Crippen molar-refractivity contribution in [3.05, 3.63) is 0 Å². The van der Waals surface area contributed by atoms with Crippen molar-refractivity contribution < 1.29 is 9.53 Å². The average molecular weight is 301 g/mol. The van der Waals surface area contributed by atoms with Crippen molar-refractivity contribution in [1.82, 2.24) is 0 Å². The molecule has 0 saturated carbocycles. The van der Waals surface area contributed by atoms with Gasteiger partial charge in [0, 0.05) is 0 Å². The van der Waals surface area contributed by atoms with Crippen molar-refractivity contribution in [1.29, 1.82) is 0 Å². The molecule has 0 aliphatic heterocycles. The van der Waals surface area contributed by atoms with E-state index in [1.165, 1.54) is 0 Å². The third kappa shape index (κ3) is 5.59. The monoisotopic (exact) mass is 300 g/mol. The van der Waals surface area contributed by atoms with Crippen molar-refractivity contribution in [2.45, 2.75) is 80.9 Å². The lowest BCUT2D eigenvalue weighted by Crippen LogP contribution is -2.47. The lowest BCUT2D eigenvalue weighted by Gasteiger charge is -2.45. The van der Waals surface area contributed by atoms with Crippen LogP contribution in [0.2, 0.25) is 19.6 Å². The van der Waals surface area contributed by atoms with E-state index in [1.807, 2.05) is 0 Å². The molecule has 0 bridgehead atoms. The first-order chi connectivity index (χ1) is 8.65. The fourth-order valence-corrected chi connectivity index (χ4v) is 3.04. The van der Waals surface area contributed by atoms with Gasteiger partial charge in [-0.2, -0.15) is 0 Å². The van der Waals surface area contributed by atoms with Gasteiger partial charge < -0.3 is 4.74 Å². The smallest absolute Gasteiger partial charge is 0.312 e. The minimum atomic E-state index is -1.37. The fourth-order valence-electron chi connectivity index (χ4n) is 2.48. The fraction of sp³-hybridized carbons (Fsp3) is 0.941. The maximum absolute atomic E-state index is 12.8. The van der Waals surface area contributed by atoms with Crippen LogP contribution in [-0.4, -0.2) is 20.3 Å². The predicted molar refractivity (Wildman–Crippen MR) is 90.6 cm³/mol. The Morgan fingerprint density at radius 1 is 1.00 bits per heavy atom. The highest BCUT2D eigenvalue weighted by Gasteiger charge is 2.49. The van der Waals surface area contributed by atoms with E-state index in [9.17, 15) is 4.79 Å². The second kappa shape index (κ2) is 6.21. The highest BCUT2D eigenvalue weighted by molar-refractivity contribution is 6.76. The summed E-state index contributed by atoms with van der Waals surface area (Å²) in [4.78, 5) is 12.8. The number of hydrogen-bond acceptors (Lipinski definition) is 2. The Kier molecular flexibility index (Phi) is 6.11. The van der Waals surface area contributed by atoms with Crippen LogP contribution < -0.4 is 0 Å². The third-order valence-corrected chi connectivity index (χ3v) is 5.36. The van der Waals surface area contributed by atoms with Gasteiger partial charge in [-0.15, -0.1) is 0 Å². The summed E-state index contributed by atoms with van der Waals surface area (Å²) in [5, 5.41) is 0. The first-order valence-electron chi connectivity index (χ1n) is 7.82. The zero-order chi connectivity index (χ0) is 16.4. The van der Waals surface area contributed by atoms with Crippen LogP contribution in [0.15, 0.2) is 0 Å². The van der Waals surface area contributed by atoms with Gasteiger partial charge in [0.1, 0.15) is 0 Å². The number of esters is 1. The number of hydrogen-bond donors (Lipinski definition) is 0. The summed E-state index contributed by atoms with van der Waals surface area (Å²) < 4.78 is 5.73. The molecule has 20 heavy (non-hydrogen) atoms. The minimum absolute atomic E-state index is 0.0123. The molecule has 0 aromatic rings. The van der Waals surface area contributed by atoms with Gasteiger partial charge in [0.15, 0.2) is 0 Å². The number of carbonyl (C=O) groups excluding carboxylic acids is 1. The van der Waals surface area contributed by atoms with Crippen LogP contribution in [0.5, 0.6) is 0 Å². The molecule has 1 atom stereocenters. The molecule has 3 heteroatoms. The number of ether oxygens (including phenoxy) is 1. The van der Waals surface area contributed by atoms with Crippen molar-refractivity contribution in [2.24, 2.45) is 16.2 Å². The Morgan fingerprint density at radius 3 is 1.75 bits per heavy atom. The molecule has 0 heterocycles. The van der Waals surface area contributed by atoms with E-state index < -0.39 is 13.5 Å². The summed E-state index contributed by atoms with van der Waals surface area (Å²) in [5.41, 5.74) is -0.379. The molecule has 0 radical (unpaired) electrons. The van der Waals surface area contributed by atoms with Crippen molar-refractivity contribution in [3.8, 4) is 0 Å². The largest absolute Gasteiger partial charge is 0.469 e. The summed E-state index contributed by atoms with van der Waals surface area (Å²) >= 11 is 0. The molecule has 0 aliphatic carbocycles. The van der Waals surface area contributed by atoms with E-state index in [2.05, 4.69) is 68.1 Å². The number of rotatable bonds is 6. The Labute approximate surface area is 127 Å². The highest BCUT2D eigenvalue weighted by Crippen LogP contribution is 2.49. The molecule has 0 aliphatic rings. The zero-order valence-electron chi connectivity index (χ0n) is 15.4. The Morgan fingerprint density at radius 2 is 1.45 bits per heavy atom. The van der Waals surface area contributed by atoms with Gasteiger partial charge >= 0.3 is 5.97 Å². The summed E-state index contributed by atoms with van der Waals surface area (Å²) in [7, 11) is -1.37. The molecule has 0 fully saturated rings. The van der Waals surface area contributed by atoms with E-state index in [4.69, 9.17) is 4.74 Å². The molecular weight excluding hydrogens is 264 g/mol. The molecule has 0 saturated heterocycles. The summed E-state index contributed by atoms with van der Waals surface area (Å²) in [5.74, 6) is -0.0123. The molecule has 0 amide bonds. The molecule has 120 valence electrons. The Balaban J connectivity index is 5.28. The van der Waals surface area contributed by atoms with E-state index >= 15 is 0 Å². The number of carbonyl (C=O) groups is 1. The highest BCUT2D eigenvalue weighted by atomic mass is 28.3. The van der Waals surface area contributed by atoms with E-state index in [0.29, 0.717) is 6.23 Å². The first-order valence-corrected chi connectivity index (χ1v) is 11.5. The van der Waals surface area contributed by atoms with Crippen LogP contribution in [0.3, 0.4) is 0 Å². The third-order valence-electron chi connectivity index (χ3n) is 4.35. The molecule has 0 N–H and O–H groups in total. The van der Waals surface area contributed by atoms with Crippen LogP contribution in [-0.2, 0) is 9.53 Å². The molecule has 0 rings (SSSR count). The zero-order valence-corrected chi connectivity index (χ0v) is 16.4. The van der Waals surface area contributed by atoms with Crippen molar-refractivity contribution in [3.63, 3.8) is 0 Å². The molecule has 2 nitrogen and oxygen atoms in total. The van der Waals surface area contributed by atoms with Crippen LogP contribution in [0.25, 0.3) is 0 Å². The SMILES string of the molecule is CCC(C)(C)C(C)(CC(C)(C)C)C(=O)OC[Si](C)(C)C. The average Bonchev–Trinajstić information content (AvgIpc) is 2.22. The molecule has 0 aromatic carbocycles. The van der Waals surface area contributed by atoms with Crippen LogP contribution >= 0.6 is 0 Å². The van der Waals surface area contributed by atoms with Gasteiger partial charge in [-0.05, 0) is 30.6 Å². The maximum atomic E-state index is 12.8. The second-order valence-electron chi connectivity index (χ2n) is 9.44. The quantitative estimate of drug-likeness (QED) is 0.492.